The van der Waals surface area contributed by atoms with Gasteiger partial charge >= 0.3 is 0 Å². The van der Waals surface area contributed by atoms with Crippen molar-refractivity contribution in [1.29, 1.82) is 0 Å². The second-order valence-electron chi connectivity index (χ2n) is 3.01. The highest BCUT2D eigenvalue weighted by Crippen LogP contribution is 2.15. The van der Waals surface area contributed by atoms with Crippen LogP contribution in [0.25, 0.3) is 0 Å². The summed E-state index contributed by atoms with van der Waals surface area (Å²) >= 11 is 0. The van der Waals surface area contributed by atoms with Gasteiger partial charge in [-0.25, -0.2) is 5.84 Å². The van der Waals surface area contributed by atoms with Crippen LogP contribution in [0.15, 0.2) is 0 Å². The molecule has 1 saturated heterocycles. The molecule has 4 heteroatoms. The summed E-state index contributed by atoms with van der Waals surface area (Å²) in [5.41, 5.74) is 0. The van der Waals surface area contributed by atoms with Crippen molar-refractivity contribution in [1.82, 2.24) is 9.91 Å². The van der Waals surface area contributed by atoms with Crippen LogP contribution >= 0.6 is 0 Å². The highest BCUT2D eigenvalue weighted by atomic mass is 16.1. The minimum atomic E-state index is 0.112. The average molecular weight is 157 g/mol. The first-order valence-electron chi connectivity index (χ1n) is 3.94. The fourth-order valence-corrected chi connectivity index (χ4v) is 1.50. The predicted molar refractivity (Wildman–Crippen MR) is 42.4 cm³/mol. The predicted octanol–water partition coefficient (Wildman–Crippen LogP) is -0.240. The van der Waals surface area contributed by atoms with Crippen LogP contribution in [0, 0.1) is 0 Å². The number of rotatable bonds is 2. The number of hydrazine groups is 1. The average Bonchev–Trinajstić information content (AvgIpc) is 2.04. The minimum absolute atomic E-state index is 0.112. The molecule has 1 amide bonds. The van der Waals surface area contributed by atoms with Crippen LogP contribution in [0.1, 0.15) is 19.3 Å². The Balaban J connectivity index is 2.46. The van der Waals surface area contributed by atoms with Crippen molar-refractivity contribution in [3.8, 4) is 0 Å². The maximum atomic E-state index is 10.3. The summed E-state index contributed by atoms with van der Waals surface area (Å²) in [7, 11) is 1.99. The van der Waals surface area contributed by atoms with Crippen molar-refractivity contribution < 1.29 is 4.79 Å². The van der Waals surface area contributed by atoms with Gasteiger partial charge in [-0.15, -0.1) is 0 Å². The Labute approximate surface area is 66.9 Å². The van der Waals surface area contributed by atoms with E-state index < -0.39 is 0 Å². The van der Waals surface area contributed by atoms with Crippen LogP contribution in [0.2, 0.25) is 0 Å². The molecule has 0 aromatic heterocycles. The Morgan fingerprint density at radius 1 is 1.64 bits per heavy atom. The lowest BCUT2D eigenvalue weighted by Crippen LogP contribution is -2.51. The van der Waals surface area contributed by atoms with Crippen molar-refractivity contribution >= 4 is 6.41 Å². The van der Waals surface area contributed by atoms with Crippen molar-refractivity contribution in [3.63, 3.8) is 0 Å². The van der Waals surface area contributed by atoms with Gasteiger partial charge in [0.2, 0.25) is 6.41 Å². The van der Waals surface area contributed by atoms with Gasteiger partial charge in [-0.05, 0) is 32.9 Å². The van der Waals surface area contributed by atoms with Crippen molar-refractivity contribution in [2.45, 2.75) is 25.4 Å². The number of nitrogens with zero attached hydrogens (tertiary/aromatic N) is 2. The minimum Gasteiger partial charge on any atom is -0.285 e. The normalized spacial score (nSPS) is 26.5. The van der Waals surface area contributed by atoms with Crippen LogP contribution in [0.3, 0.4) is 0 Å². The van der Waals surface area contributed by atoms with Gasteiger partial charge in [-0.2, -0.15) is 0 Å². The Kier molecular flexibility index (Phi) is 2.84. The fraction of sp³-hybridized carbons (Fsp3) is 0.857. The molecule has 1 heterocycles. The monoisotopic (exact) mass is 157 g/mol. The molecule has 11 heavy (non-hydrogen) atoms. The molecule has 1 atom stereocenters. The zero-order chi connectivity index (χ0) is 8.27. The summed E-state index contributed by atoms with van der Waals surface area (Å²) in [6.07, 6.45) is 4.16. The summed E-state index contributed by atoms with van der Waals surface area (Å²) in [5, 5.41) is 1.25. The fourth-order valence-electron chi connectivity index (χ4n) is 1.50. The summed E-state index contributed by atoms with van der Waals surface area (Å²) in [4.78, 5) is 12.4. The number of nitrogens with two attached hydrogens (primary N) is 1. The van der Waals surface area contributed by atoms with E-state index in [2.05, 4.69) is 4.90 Å². The second kappa shape index (κ2) is 3.69. The molecule has 0 aromatic carbocycles. The van der Waals surface area contributed by atoms with Gasteiger partial charge in [0.25, 0.3) is 0 Å². The Hall–Kier alpha value is -0.610. The molecule has 1 rings (SSSR count). The van der Waals surface area contributed by atoms with E-state index in [1.54, 1.807) is 0 Å². The van der Waals surface area contributed by atoms with E-state index in [1.807, 2.05) is 7.05 Å². The van der Waals surface area contributed by atoms with Gasteiger partial charge in [0, 0.05) is 0 Å². The molecule has 2 N–H and O–H groups in total. The molecule has 4 nitrogen and oxygen atoms in total. The van der Waals surface area contributed by atoms with Crippen molar-refractivity contribution in [2.24, 2.45) is 5.84 Å². The molecule has 0 spiro atoms. The van der Waals surface area contributed by atoms with Gasteiger partial charge in [0.05, 0.1) is 6.17 Å². The third kappa shape index (κ3) is 1.91. The van der Waals surface area contributed by atoms with E-state index in [0.29, 0.717) is 6.41 Å². The van der Waals surface area contributed by atoms with Crippen LogP contribution in [-0.4, -0.2) is 36.1 Å². The molecule has 64 valence electrons. The zero-order valence-electron chi connectivity index (χ0n) is 6.86. The number of carbonyl (C=O) groups is 1. The molecule has 1 aliphatic rings. The molecule has 0 radical (unpaired) electrons. The summed E-state index contributed by atoms with van der Waals surface area (Å²) in [6.45, 7) is 1.03. The number of likely N-dealkylation sites (tertiary alicyclic amines) is 1. The van der Waals surface area contributed by atoms with Crippen molar-refractivity contribution in [3.05, 3.63) is 0 Å². The maximum Gasteiger partial charge on any atom is 0.225 e. The Morgan fingerprint density at radius 2 is 2.36 bits per heavy atom. The van der Waals surface area contributed by atoms with Crippen LogP contribution in [-0.2, 0) is 4.79 Å². The zero-order valence-corrected chi connectivity index (χ0v) is 6.86. The third-order valence-corrected chi connectivity index (χ3v) is 2.20. The van der Waals surface area contributed by atoms with Crippen molar-refractivity contribution in [2.75, 3.05) is 13.6 Å². The number of hydrogen-bond donors (Lipinski definition) is 1. The molecular formula is C7H15N3O. The Bertz CT molecular complexity index is 140. The number of hydrogen-bond acceptors (Lipinski definition) is 3. The highest BCUT2D eigenvalue weighted by molar-refractivity contribution is 5.46. The van der Waals surface area contributed by atoms with Crippen LogP contribution in [0.4, 0.5) is 0 Å². The maximum absolute atomic E-state index is 10.3. The molecule has 0 aliphatic carbocycles. The van der Waals surface area contributed by atoms with Crippen LogP contribution < -0.4 is 5.84 Å². The lowest BCUT2D eigenvalue weighted by Gasteiger charge is -2.36. The van der Waals surface area contributed by atoms with Gasteiger partial charge in [0.15, 0.2) is 0 Å². The molecule has 0 saturated carbocycles. The van der Waals surface area contributed by atoms with Gasteiger partial charge in [-0.1, -0.05) is 0 Å². The van der Waals surface area contributed by atoms with Gasteiger partial charge in [-0.3, -0.25) is 14.7 Å². The first-order chi connectivity index (χ1) is 5.25. The molecule has 1 fully saturated rings. The Morgan fingerprint density at radius 3 is 2.91 bits per heavy atom. The van der Waals surface area contributed by atoms with E-state index in [9.17, 15) is 4.79 Å². The van der Waals surface area contributed by atoms with Crippen LogP contribution in [0.5, 0.6) is 0 Å². The number of amides is 1. The molecule has 1 aliphatic heterocycles. The highest BCUT2D eigenvalue weighted by Gasteiger charge is 2.21. The molecule has 1 unspecified atom stereocenters. The SMILES string of the molecule is CN1CCCCC1N(N)C=O. The summed E-state index contributed by atoms with van der Waals surface area (Å²) in [6, 6.07) is 0. The first kappa shape index (κ1) is 8.49. The second-order valence-corrected chi connectivity index (χ2v) is 3.01. The number of carbonyl (C=O) groups excluding carboxylic acids is 1. The topological polar surface area (TPSA) is 49.6 Å². The smallest absolute Gasteiger partial charge is 0.225 e. The standard InChI is InChI=1S/C7H15N3O/c1-9-5-3-2-4-7(9)10(8)6-11/h6-7H,2-5,8H2,1H3. The quantitative estimate of drug-likeness (QED) is 0.260. The lowest BCUT2D eigenvalue weighted by molar-refractivity contribution is -0.125. The molecule has 0 aromatic rings. The van der Waals surface area contributed by atoms with E-state index >= 15 is 0 Å². The lowest BCUT2D eigenvalue weighted by atomic mass is 10.1. The van der Waals surface area contributed by atoms with E-state index in [0.717, 1.165) is 19.4 Å². The largest absolute Gasteiger partial charge is 0.285 e. The third-order valence-electron chi connectivity index (χ3n) is 2.20. The van der Waals surface area contributed by atoms with Gasteiger partial charge in [0.1, 0.15) is 0 Å². The van der Waals surface area contributed by atoms with E-state index in [4.69, 9.17) is 5.84 Å². The van der Waals surface area contributed by atoms with Gasteiger partial charge < -0.3 is 0 Å². The molecular weight excluding hydrogens is 142 g/mol. The summed E-state index contributed by atoms with van der Waals surface area (Å²) in [5.74, 6) is 5.46. The van der Waals surface area contributed by atoms with E-state index in [1.165, 1.54) is 11.4 Å². The molecule has 0 bridgehead atoms. The summed E-state index contributed by atoms with van der Waals surface area (Å²) < 4.78 is 0. The van der Waals surface area contributed by atoms with E-state index in [-0.39, 0.29) is 6.17 Å². The number of piperidine rings is 1. The first-order valence-corrected chi connectivity index (χ1v) is 3.94.